The smallest absolute Gasteiger partial charge is 0.310 e. The van der Waals surface area contributed by atoms with Crippen LogP contribution in [0, 0.1) is 17.0 Å². The number of anilines is 1. The molecule has 9 heteroatoms. The first-order chi connectivity index (χ1) is 11.5. The Bertz CT molecular complexity index is 917. The number of amides is 1. The van der Waals surface area contributed by atoms with E-state index in [0.717, 1.165) is 16.8 Å². The predicted octanol–water partition coefficient (Wildman–Crippen LogP) is 3.01. The van der Waals surface area contributed by atoms with Gasteiger partial charge in [-0.15, -0.1) is 0 Å². The Kier molecular flexibility index (Phi) is 4.09. The van der Waals surface area contributed by atoms with Gasteiger partial charge in [-0.3, -0.25) is 19.6 Å². The van der Waals surface area contributed by atoms with E-state index in [0.29, 0.717) is 10.7 Å². The lowest BCUT2D eigenvalue weighted by molar-refractivity contribution is -0.385. The molecule has 0 saturated carbocycles. The lowest BCUT2D eigenvalue weighted by atomic mass is 10.2. The third-order valence-electron chi connectivity index (χ3n) is 3.38. The molecule has 0 fully saturated rings. The molecule has 1 N–H and O–H groups in total. The first kappa shape index (κ1) is 15.8. The van der Waals surface area contributed by atoms with Crippen LogP contribution < -0.4 is 5.32 Å². The molecule has 0 saturated heterocycles. The van der Waals surface area contributed by atoms with Gasteiger partial charge in [-0.1, -0.05) is 41.7 Å². The minimum atomic E-state index is -0.628. The first-order valence-electron chi connectivity index (χ1n) is 6.98. The maximum atomic E-state index is 12.4. The van der Waals surface area contributed by atoms with E-state index in [1.807, 2.05) is 30.3 Å². The number of nitro groups is 1. The second-order valence-corrected chi connectivity index (χ2v) is 6.01. The van der Waals surface area contributed by atoms with Crippen molar-refractivity contribution in [3.8, 4) is 10.6 Å². The SMILES string of the molecule is Cc1nc(-c2ccccc2)sc1NC(=O)c1c([N+](=O)[O-])cnn1C. The molecular weight excluding hydrogens is 330 g/mol. The number of nitrogens with one attached hydrogen (secondary N) is 1. The minimum absolute atomic E-state index is 0.103. The number of carbonyl (C=O) groups is 1. The fourth-order valence-electron chi connectivity index (χ4n) is 2.20. The molecule has 0 radical (unpaired) electrons. The van der Waals surface area contributed by atoms with Gasteiger partial charge in [0.2, 0.25) is 5.69 Å². The van der Waals surface area contributed by atoms with Crippen LogP contribution >= 0.6 is 11.3 Å². The molecule has 0 bridgehead atoms. The van der Waals surface area contributed by atoms with Crippen LogP contribution in [-0.2, 0) is 7.05 Å². The van der Waals surface area contributed by atoms with Crippen LogP contribution in [0.1, 0.15) is 16.2 Å². The summed E-state index contributed by atoms with van der Waals surface area (Å²) < 4.78 is 1.18. The molecule has 0 unspecified atom stereocenters. The summed E-state index contributed by atoms with van der Waals surface area (Å²) in [5.41, 5.74) is 1.16. The summed E-state index contributed by atoms with van der Waals surface area (Å²) in [4.78, 5) is 27.2. The third-order valence-corrected chi connectivity index (χ3v) is 4.50. The number of hydrogen-bond donors (Lipinski definition) is 1. The Labute approximate surface area is 140 Å². The Hall–Kier alpha value is -3.07. The Morgan fingerprint density at radius 1 is 1.33 bits per heavy atom. The van der Waals surface area contributed by atoms with Gasteiger partial charge in [0.15, 0.2) is 0 Å². The van der Waals surface area contributed by atoms with Crippen molar-refractivity contribution in [2.45, 2.75) is 6.92 Å². The average Bonchev–Trinajstić information content (AvgIpc) is 3.12. The van der Waals surface area contributed by atoms with E-state index in [1.54, 1.807) is 6.92 Å². The largest absolute Gasteiger partial charge is 0.320 e. The minimum Gasteiger partial charge on any atom is -0.310 e. The summed E-state index contributed by atoms with van der Waals surface area (Å²) in [5.74, 6) is -0.590. The lowest BCUT2D eigenvalue weighted by Gasteiger charge is -2.03. The van der Waals surface area contributed by atoms with Crippen LogP contribution in [0.4, 0.5) is 10.7 Å². The van der Waals surface area contributed by atoms with Gasteiger partial charge in [-0.2, -0.15) is 5.10 Å². The van der Waals surface area contributed by atoms with Crippen molar-refractivity contribution in [2.24, 2.45) is 7.05 Å². The molecule has 2 aromatic heterocycles. The molecule has 24 heavy (non-hydrogen) atoms. The highest BCUT2D eigenvalue weighted by Gasteiger charge is 2.26. The number of carbonyl (C=O) groups excluding carboxylic acids is 1. The number of thiazole rings is 1. The van der Waals surface area contributed by atoms with Crippen LogP contribution in [0.5, 0.6) is 0 Å². The molecule has 0 aliphatic carbocycles. The highest BCUT2D eigenvalue weighted by Crippen LogP contribution is 2.32. The highest BCUT2D eigenvalue weighted by atomic mass is 32.1. The predicted molar refractivity (Wildman–Crippen MR) is 90.1 cm³/mol. The van der Waals surface area contributed by atoms with E-state index < -0.39 is 10.8 Å². The number of aromatic nitrogens is 3. The lowest BCUT2D eigenvalue weighted by Crippen LogP contribution is -2.17. The number of rotatable bonds is 4. The standard InChI is InChI=1S/C15H13N5O3S/c1-9-14(24-15(17-9)10-6-4-3-5-7-10)18-13(21)12-11(20(22)23)8-16-19(12)2/h3-8H,1-2H3,(H,18,21). The first-order valence-corrected chi connectivity index (χ1v) is 7.79. The molecular formula is C15H13N5O3S. The van der Waals surface area contributed by atoms with Gasteiger partial charge >= 0.3 is 5.69 Å². The Morgan fingerprint density at radius 2 is 2.04 bits per heavy atom. The molecule has 0 spiro atoms. The molecule has 1 amide bonds. The molecule has 0 atom stereocenters. The van der Waals surface area contributed by atoms with Crippen LogP contribution in [-0.4, -0.2) is 25.6 Å². The van der Waals surface area contributed by atoms with E-state index in [-0.39, 0.29) is 11.4 Å². The van der Waals surface area contributed by atoms with Crippen LogP contribution in [0.25, 0.3) is 10.6 Å². The zero-order chi connectivity index (χ0) is 17.3. The summed E-state index contributed by atoms with van der Waals surface area (Å²) in [6, 6.07) is 9.58. The van der Waals surface area contributed by atoms with Crippen molar-refractivity contribution >= 4 is 27.9 Å². The van der Waals surface area contributed by atoms with Gasteiger partial charge in [-0.05, 0) is 6.92 Å². The number of aryl methyl sites for hydroxylation is 2. The molecule has 1 aromatic carbocycles. The summed E-state index contributed by atoms with van der Waals surface area (Å²) in [6.45, 7) is 1.77. The number of benzene rings is 1. The van der Waals surface area contributed by atoms with Crippen LogP contribution in [0.2, 0.25) is 0 Å². The van der Waals surface area contributed by atoms with Crippen molar-refractivity contribution in [1.82, 2.24) is 14.8 Å². The van der Waals surface area contributed by atoms with Gasteiger partial charge < -0.3 is 5.32 Å². The molecule has 3 aromatic rings. The Morgan fingerprint density at radius 3 is 2.71 bits per heavy atom. The summed E-state index contributed by atoms with van der Waals surface area (Å²) in [5, 5.41) is 18.8. The van der Waals surface area contributed by atoms with Gasteiger partial charge in [-0.25, -0.2) is 4.98 Å². The molecule has 0 aliphatic heterocycles. The van der Waals surface area contributed by atoms with Crippen LogP contribution in [0.3, 0.4) is 0 Å². The van der Waals surface area contributed by atoms with E-state index in [4.69, 9.17) is 0 Å². The fraction of sp³-hybridized carbons (Fsp3) is 0.133. The van der Waals surface area contributed by atoms with E-state index in [2.05, 4.69) is 15.4 Å². The van der Waals surface area contributed by atoms with Gasteiger partial charge in [0.25, 0.3) is 5.91 Å². The number of hydrogen-bond acceptors (Lipinski definition) is 6. The maximum Gasteiger partial charge on any atom is 0.320 e. The zero-order valence-electron chi connectivity index (χ0n) is 12.9. The molecule has 0 aliphatic rings. The van der Waals surface area contributed by atoms with E-state index in [1.165, 1.54) is 23.1 Å². The van der Waals surface area contributed by atoms with Crippen molar-refractivity contribution in [2.75, 3.05) is 5.32 Å². The normalized spacial score (nSPS) is 10.6. The third kappa shape index (κ3) is 2.88. The average molecular weight is 343 g/mol. The zero-order valence-corrected chi connectivity index (χ0v) is 13.7. The van der Waals surface area contributed by atoms with E-state index in [9.17, 15) is 14.9 Å². The molecule has 8 nitrogen and oxygen atoms in total. The van der Waals surface area contributed by atoms with Gasteiger partial charge in [0.05, 0.1) is 10.6 Å². The topological polar surface area (TPSA) is 103 Å². The summed E-state index contributed by atoms with van der Waals surface area (Å²) in [7, 11) is 1.48. The summed E-state index contributed by atoms with van der Waals surface area (Å²) >= 11 is 1.32. The summed E-state index contributed by atoms with van der Waals surface area (Å²) in [6.07, 6.45) is 1.06. The van der Waals surface area contributed by atoms with Crippen molar-refractivity contribution in [1.29, 1.82) is 0 Å². The van der Waals surface area contributed by atoms with Crippen LogP contribution in [0.15, 0.2) is 36.5 Å². The van der Waals surface area contributed by atoms with Crippen molar-refractivity contribution in [3.05, 3.63) is 58.0 Å². The van der Waals surface area contributed by atoms with Crippen molar-refractivity contribution in [3.63, 3.8) is 0 Å². The van der Waals surface area contributed by atoms with Gasteiger partial charge in [0.1, 0.15) is 16.2 Å². The fourth-order valence-corrected chi connectivity index (χ4v) is 3.17. The maximum absolute atomic E-state index is 12.4. The number of nitrogens with zero attached hydrogens (tertiary/aromatic N) is 4. The second kappa shape index (κ2) is 6.20. The van der Waals surface area contributed by atoms with Gasteiger partial charge in [0, 0.05) is 12.6 Å². The Balaban J connectivity index is 1.90. The molecule has 3 rings (SSSR count). The second-order valence-electron chi connectivity index (χ2n) is 5.01. The highest BCUT2D eigenvalue weighted by molar-refractivity contribution is 7.19. The monoisotopic (exact) mass is 343 g/mol. The quantitative estimate of drug-likeness (QED) is 0.579. The van der Waals surface area contributed by atoms with E-state index >= 15 is 0 Å². The molecule has 2 heterocycles. The van der Waals surface area contributed by atoms with Crippen molar-refractivity contribution < 1.29 is 9.72 Å². The molecule has 122 valence electrons.